The molecule has 3 fully saturated rings. The third-order valence-electron chi connectivity index (χ3n) is 8.21. The molecule has 1 heterocycles. The molecule has 3 saturated carbocycles. The standard InChI is InChI=1S/C31H32N2O5S/c32-18-21-8-12-26(13-9-21)39(36,37)33-25-3-1-2-23(16-25)29(22-10-11-22)30-27(34)17-28(38-31(30)35)24(14-19-4-5-19)15-20-6-7-20/h1-3,8-9,12-13,16-17,19-20,22,24,29,33-34H,4-7,10-11,14-15H2. The molecule has 3 aromatic rings. The number of nitriles is 1. The fraction of sp³-hybridized carbons (Fsp3) is 0.419. The molecule has 7 nitrogen and oxygen atoms in total. The number of nitrogens with zero attached hydrogens (tertiary/aromatic N) is 1. The minimum absolute atomic E-state index is 0.0293. The highest BCUT2D eigenvalue weighted by Crippen LogP contribution is 2.49. The lowest BCUT2D eigenvalue weighted by atomic mass is 9.86. The van der Waals surface area contributed by atoms with Crippen molar-refractivity contribution in [1.29, 1.82) is 5.26 Å². The first-order valence-corrected chi connectivity index (χ1v) is 15.3. The number of aromatic hydroxyl groups is 1. The van der Waals surface area contributed by atoms with Gasteiger partial charge in [0.05, 0.1) is 22.1 Å². The summed E-state index contributed by atoms with van der Waals surface area (Å²) < 4.78 is 34.5. The van der Waals surface area contributed by atoms with Crippen molar-refractivity contribution < 1.29 is 17.9 Å². The van der Waals surface area contributed by atoms with E-state index in [-0.39, 0.29) is 34.0 Å². The zero-order valence-corrected chi connectivity index (χ0v) is 22.5. The van der Waals surface area contributed by atoms with Crippen molar-refractivity contribution in [3.8, 4) is 11.8 Å². The van der Waals surface area contributed by atoms with Crippen LogP contribution >= 0.6 is 0 Å². The van der Waals surface area contributed by atoms with Crippen LogP contribution in [0.3, 0.4) is 0 Å². The van der Waals surface area contributed by atoms with Crippen molar-refractivity contribution in [1.82, 2.24) is 0 Å². The Hall–Kier alpha value is -3.57. The molecule has 0 spiro atoms. The van der Waals surface area contributed by atoms with E-state index >= 15 is 0 Å². The van der Waals surface area contributed by atoms with E-state index in [1.54, 1.807) is 24.3 Å². The third kappa shape index (κ3) is 5.89. The van der Waals surface area contributed by atoms with Crippen LogP contribution in [0.5, 0.6) is 5.75 Å². The quantitative estimate of drug-likeness (QED) is 0.295. The minimum atomic E-state index is -3.88. The summed E-state index contributed by atoms with van der Waals surface area (Å²) in [6.07, 6.45) is 8.75. The Kier molecular flexibility index (Phi) is 6.72. The summed E-state index contributed by atoms with van der Waals surface area (Å²) in [5.41, 5.74) is 1.24. The lowest BCUT2D eigenvalue weighted by Gasteiger charge is -2.21. The van der Waals surface area contributed by atoms with Gasteiger partial charge in [0.15, 0.2) is 0 Å². The van der Waals surface area contributed by atoms with E-state index in [1.807, 2.05) is 12.1 Å². The molecule has 2 N–H and O–H groups in total. The Morgan fingerprint density at radius 2 is 1.64 bits per heavy atom. The predicted molar refractivity (Wildman–Crippen MR) is 147 cm³/mol. The number of rotatable bonds is 11. The van der Waals surface area contributed by atoms with Crippen LogP contribution in [-0.4, -0.2) is 13.5 Å². The number of nitrogens with one attached hydrogen (secondary N) is 1. The second-order valence-electron chi connectivity index (χ2n) is 11.5. The molecule has 3 aliphatic rings. The number of sulfonamides is 1. The van der Waals surface area contributed by atoms with Gasteiger partial charge < -0.3 is 9.52 Å². The monoisotopic (exact) mass is 544 g/mol. The lowest BCUT2D eigenvalue weighted by Crippen LogP contribution is -2.18. The number of hydrogen-bond acceptors (Lipinski definition) is 6. The number of hydrogen-bond donors (Lipinski definition) is 2. The molecule has 0 aliphatic heterocycles. The van der Waals surface area contributed by atoms with Gasteiger partial charge in [0.2, 0.25) is 0 Å². The summed E-state index contributed by atoms with van der Waals surface area (Å²) in [4.78, 5) is 13.5. The van der Waals surface area contributed by atoms with Crippen LogP contribution in [0.4, 0.5) is 5.69 Å². The average molecular weight is 545 g/mol. The van der Waals surface area contributed by atoms with Gasteiger partial charge in [-0.25, -0.2) is 13.2 Å². The van der Waals surface area contributed by atoms with E-state index in [4.69, 9.17) is 9.68 Å². The Bertz CT molecular complexity index is 1560. The summed E-state index contributed by atoms with van der Waals surface area (Å²) in [6.45, 7) is 0. The van der Waals surface area contributed by atoms with Gasteiger partial charge in [-0.2, -0.15) is 5.26 Å². The van der Waals surface area contributed by atoms with Crippen LogP contribution in [0, 0.1) is 29.1 Å². The van der Waals surface area contributed by atoms with Gasteiger partial charge in [-0.3, -0.25) is 4.72 Å². The van der Waals surface area contributed by atoms with Crippen molar-refractivity contribution in [2.45, 2.75) is 68.1 Å². The molecule has 0 radical (unpaired) electrons. The smallest absolute Gasteiger partial charge is 0.343 e. The maximum Gasteiger partial charge on any atom is 0.343 e. The molecule has 2 aromatic carbocycles. The summed E-state index contributed by atoms with van der Waals surface area (Å²) in [6, 6.07) is 16.3. The molecule has 6 rings (SSSR count). The van der Waals surface area contributed by atoms with Gasteiger partial charge in [0.1, 0.15) is 11.5 Å². The molecule has 1 atom stereocenters. The average Bonchev–Trinajstić information content (AvgIpc) is 3.75. The van der Waals surface area contributed by atoms with E-state index in [0.29, 0.717) is 28.8 Å². The molecule has 1 aromatic heterocycles. The van der Waals surface area contributed by atoms with Crippen LogP contribution in [0.2, 0.25) is 0 Å². The fourth-order valence-electron chi connectivity index (χ4n) is 5.66. The molecular weight excluding hydrogens is 512 g/mol. The van der Waals surface area contributed by atoms with Crippen molar-refractivity contribution in [2.24, 2.45) is 17.8 Å². The lowest BCUT2D eigenvalue weighted by molar-refractivity contribution is 0.357. The molecular formula is C31H32N2O5S. The molecule has 0 saturated heterocycles. The van der Waals surface area contributed by atoms with Crippen LogP contribution in [-0.2, 0) is 10.0 Å². The van der Waals surface area contributed by atoms with E-state index in [9.17, 15) is 18.3 Å². The van der Waals surface area contributed by atoms with Gasteiger partial charge in [-0.1, -0.05) is 37.8 Å². The Morgan fingerprint density at radius 3 is 2.21 bits per heavy atom. The summed E-state index contributed by atoms with van der Waals surface area (Å²) in [5, 5.41) is 20.2. The summed E-state index contributed by atoms with van der Waals surface area (Å²) in [5.74, 6) is 1.89. The number of anilines is 1. The molecule has 1 unspecified atom stereocenters. The summed E-state index contributed by atoms with van der Waals surface area (Å²) in [7, 11) is -3.88. The van der Waals surface area contributed by atoms with Gasteiger partial charge in [0, 0.05) is 23.6 Å². The van der Waals surface area contributed by atoms with Crippen molar-refractivity contribution in [2.75, 3.05) is 4.72 Å². The maximum absolute atomic E-state index is 13.4. The Labute approximate surface area is 228 Å². The van der Waals surface area contributed by atoms with Crippen LogP contribution in [0.25, 0.3) is 0 Å². The van der Waals surface area contributed by atoms with Gasteiger partial charge in [-0.05, 0) is 85.4 Å². The fourth-order valence-corrected chi connectivity index (χ4v) is 6.71. The van der Waals surface area contributed by atoms with E-state index < -0.39 is 15.6 Å². The Morgan fingerprint density at radius 1 is 0.974 bits per heavy atom. The summed E-state index contributed by atoms with van der Waals surface area (Å²) >= 11 is 0. The molecule has 39 heavy (non-hydrogen) atoms. The molecule has 8 heteroatoms. The molecule has 0 bridgehead atoms. The SMILES string of the molecule is N#Cc1ccc(S(=O)(=O)Nc2cccc(C(c3c(O)cc(C(CC4CC4)CC4CC4)oc3=O)C3CC3)c2)cc1. The van der Waals surface area contributed by atoms with E-state index in [2.05, 4.69) is 4.72 Å². The van der Waals surface area contributed by atoms with Crippen LogP contribution in [0.15, 0.2) is 68.7 Å². The zero-order valence-electron chi connectivity index (χ0n) is 21.7. The second-order valence-corrected chi connectivity index (χ2v) is 13.2. The molecule has 3 aliphatic carbocycles. The maximum atomic E-state index is 13.4. The van der Waals surface area contributed by atoms with Crippen LogP contribution < -0.4 is 10.3 Å². The molecule has 202 valence electrons. The predicted octanol–water partition coefficient (Wildman–Crippen LogP) is 6.24. The van der Waals surface area contributed by atoms with Crippen molar-refractivity contribution in [3.63, 3.8) is 0 Å². The van der Waals surface area contributed by atoms with Crippen LogP contribution in [0.1, 0.15) is 85.7 Å². The zero-order chi connectivity index (χ0) is 27.1. The molecule has 0 amide bonds. The van der Waals surface area contributed by atoms with Gasteiger partial charge >= 0.3 is 5.63 Å². The topological polar surface area (TPSA) is 120 Å². The van der Waals surface area contributed by atoms with E-state index in [0.717, 1.165) is 31.2 Å². The van der Waals surface area contributed by atoms with Crippen molar-refractivity contribution in [3.05, 3.63) is 87.5 Å². The first-order valence-electron chi connectivity index (χ1n) is 13.8. The minimum Gasteiger partial charge on any atom is -0.507 e. The first-order chi connectivity index (χ1) is 18.8. The highest BCUT2D eigenvalue weighted by molar-refractivity contribution is 7.92. The first kappa shape index (κ1) is 25.7. The highest BCUT2D eigenvalue weighted by atomic mass is 32.2. The van der Waals surface area contributed by atoms with Gasteiger partial charge in [0.25, 0.3) is 10.0 Å². The van der Waals surface area contributed by atoms with E-state index in [1.165, 1.54) is 49.9 Å². The second kappa shape index (κ2) is 10.2. The third-order valence-corrected chi connectivity index (χ3v) is 9.61. The highest BCUT2D eigenvalue weighted by Gasteiger charge is 2.39. The largest absolute Gasteiger partial charge is 0.507 e. The Balaban J connectivity index is 1.29. The van der Waals surface area contributed by atoms with Gasteiger partial charge in [-0.15, -0.1) is 0 Å². The normalized spacial score (nSPS) is 18.1. The van der Waals surface area contributed by atoms with Crippen molar-refractivity contribution >= 4 is 15.7 Å². The number of benzene rings is 2.